The van der Waals surface area contributed by atoms with Crippen LogP contribution >= 0.6 is 11.8 Å². The van der Waals surface area contributed by atoms with Crippen molar-refractivity contribution in [3.63, 3.8) is 0 Å². The number of anilines is 1. The Labute approximate surface area is 149 Å². The predicted molar refractivity (Wildman–Crippen MR) is 94.0 cm³/mol. The molecule has 0 bridgehead atoms. The summed E-state index contributed by atoms with van der Waals surface area (Å²) >= 11 is 1.79. The number of aliphatic hydroxyl groups excluding tert-OH is 2. The van der Waals surface area contributed by atoms with Crippen LogP contribution in [0.2, 0.25) is 0 Å². The molecule has 0 radical (unpaired) electrons. The Bertz CT molecular complexity index is 758. The first-order valence-corrected chi connectivity index (χ1v) is 9.34. The maximum absolute atomic E-state index is 10.4. The van der Waals surface area contributed by atoms with E-state index in [0.29, 0.717) is 22.2 Å². The highest BCUT2D eigenvalue weighted by atomic mass is 32.2. The number of aliphatic hydroxyl groups is 2. The molecule has 0 saturated carbocycles. The zero-order chi connectivity index (χ0) is 17.6. The van der Waals surface area contributed by atoms with Gasteiger partial charge in [-0.2, -0.15) is 11.8 Å². The van der Waals surface area contributed by atoms with E-state index in [0.717, 1.165) is 19.5 Å². The molecule has 0 unspecified atom stereocenters. The van der Waals surface area contributed by atoms with Gasteiger partial charge in [0.25, 0.3) is 0 Å². The van der Waals surface area contributed by atoms with E-state index in [2.05, 4.69) is 26.9 Å². The van der Waals surface area contributed by atoms with Gasteiger partial charge in [-0.25, -0.2) is 15.0 Å². The third-order valence-corrected chi connectivity index (χ3v) is 6.22. The molecule has 5 atom stereocenters. The van der Waals surface area contributed by atoms with E-state index < -0.39 is 24.5 Å². The number of fused-ring (bicyclic) bond motifs is 1. The second-order valence-electron chi connectivity index (χ2n) is 6.64. The molecule has 9 nitrogen and oxygen atoms in total. The number of hydrogen-bond acceptors (Lipinski definition) is 9. The summed E-state index contributed by atoms with van der Waals surface area (Å²) in [5.41, 5.74) is 6.74. The summed E-state index contributed by atoms with van der Waals surface area (Å²) < 4.78 is 7.56. The number of nitrogens with zero attached hydrogens (tertiary/aromatic N) is 5. The van der Waals surface area contributed by atoms with Crippen molar-refractivity contribution < 1.29 is 14.9 Å². The smallest absolute Gasteiger partial charge is 0.167 e. The van der Waals surface area contributed by atoms with Crippen LogP contribution in [0, 0.1) is 0 Å². The van der Waals surface area contributed by atoms with Crippen LogP contribution in [-0.4, -0.2) is 84.1 Å². The number of ether oxygens (including phenoxy) is 1. The molecule has 2 saturated heterocycles. The lowest BCUT2D eigenvalue weighted by Gasteiger charge is -2.17. The van der Waals surface area contributed by atoms with Gasteiger partial charge in [-0.05, 0) is 20.0 Å². The number of imidazole rings is 1. The van der Waals surface area contributed by atoms with Crippen LogP contribution in [0.25, 0.3) is 11.2 Å². The van der Waals surface area contributed by atoms with Crippen LogP contribution in [0.3, 0.4) is 0 Å². The second-order valence-corrected chi connectivity index (χ2v) is 7.97. The lowest BCUT2D eigenvalue weighted by Crippen LogP contribution is -2.33. The summed E-state index contributed by atoms with van der Waals surface area (Å²) in [4.78, 5) is 14.6. The lowest BCUT2D eigenvalue weighted by atomic mass is 10.1. The third-order valence-electron chi connectivity index (χ3n) is 4.84. The van der Waals surface area contributed by atoms with Crippen molar-refractivity contribution in [2.24, 2.45) is 0 Å². The Morgan fingerprint density at radius 3 is 2.92 bits per heavy atom. The molecule has 4 N–H and O–H groups in total. The van der Waals surface area contributed by atoms with Gasteiger partial charge in [0.05, 0.1) is 12.4 Å². The van der Waals surface area contributed by atoms with E-state index in [1.54, 1.807) is 16.3 Å². The summed E-state index contributed by atoms with van der Waals surface area (Å²) in [5.74, 6) is 0.908. The predicted octanol–water partition coefficient (Wildman–Crippen LogP) is -0.535. The minimum Gasteiger partial charge on any atom is -0.387 e. The molecule has 0 aliphatic carbocycles. The molecule has 2 aliphatic heterocycles. The number of likely N-dealkylation sites (tertiary alicyclic amines) is 1. The number of hydrogen-bond donors (Lipinski definition) is 3. The molecule has 0 amide bonds. The van der Waals surface area contributed by atoms with Crippen LogP contribution in [-0.2, 0) is 4.74 Å². The van der Waals surface area contributed by atoms with E-state index in [1.807, 2.05) is 0 Å². The van der Waals surface area contributed by atoms with Gasteiger partial charge in [0.15, 0.2) is 17.7 Å². The molecule has 2 aliphatic rings. The highest BCUT2D eigenvalue weighted by Gasteiger charge is 2.44. The molecular formula is C15H22N6O3S. The number of nitrogens with two attached hydrogens (primary N) is 1. The van der Waals surface area contributed by atoms with Gasteiger partial charge in [-0.3, -0.25) is 4.57 Å². The van der Waals surface area contributed by atoms with E-state index in [9.17, 15) is 10.2 Å². The number of nitrogen functional groups attached to an aromatic ring is 1. The minimum atomic E-state index is -1.05. The van der Waals surface area contributed by atoms with Crippen LogP contribution in [0.1, 0.15) is 12.6 Å². The fraction of sp³-hybridized carbons (Fsp3) is 0.667. The molecule has 0 spiro atoms. The molecule has 2 aromatic heterocycles. The molecule has 4 heterocycles. The fourth-order valence-electron chi connectivity index (χ4n) is 3.41. The fourth-order valence-corrected chi connectivity index (χ4v) is 4.78. The number of aromatic nitrogens is 4. The quantitative estimate of drug-likeness (QED) is 0.655. The first kappa shape index (κ1) is 17.0. The highest BCUT2D eigenvalue weighted by Crippen LogP contribution is 2.34. The van der Waals surface area contributed by atoms with Gasteiger partial charge in [0.1, 0.15) is 24.1 Å². The van der Waals surface area contributed by atoms with Crippen LogP contribution in [0.5, 0.6) is 0 Å². The topological polar surface area (TPSA) is 123 Å². The minimum absolute atomic E-state index is 0.272. The first-order chi connectivity index (χ1) is 12.0. The summed E-state index contributed by atoms with van der Waals surface area (Å²) in [6.45, 7) is 2.14. The SMILES string of the molecule is CN1CC[C@@H](SC[C@H]2O[C@@H](n3cnc4c(N)ncnc43)[C@H](O)[C@@H]2O)C1. The van der Waals surface area contributed by atoms with E-state index in [1.165, 1.54) is 12.7 Å². The molecular weight excluding hydrogens is 344 g/mol. The van der Waals surface area contributed by atoms with Gasteiger partial charge < -0.3 is 25.6 Å². The third kappa shape index (κ3) is 3.08. The van der Waals surface area contributed by atoms with Gasteiger partial charge >= 0.3 is 0 Å². The Kier molecular flexibility index (Phi) is 4.54. The van der Waals surface area contributed by atoms with Crippen molar-refractivity contribution in [2.45, 2.75) is 36.2 Å². The van der Waals surface area contributed by atoms with Crippen LogP contribution < -0.4 is 5.73 Å². The van der Waals surface area contributed by atoms with E-state index in [-0.39, 0.29) is 5.82 Å². The average molecular weight is 366 g/mol. The van der Waals surface area contributed by atoms with E-state index in [4.69, 9.17) is 10.5 Å². The Hall–Kier alpha value is -1.46. The molecule has 0 aromatic carbocycles. The van der Waals surface area contributed by atoms with Crippen molar-refractivity contribution in [2.75, 3.05) is 31.6 Å². The maximum atomic E-state index is 10.4. The van der Waals surface area contributed by atoms with Gasteiger partial charge in [-0.15, -0.1) is 0 Å². The normalized spacial score (nSPS) is 33.5. The number of rotatable bonds is 4. The molecule has 4 rings (SSSR count). The Morgan fingerprint density at radius 2 is 2.16 bits per heavy atom. The Balaban J connectivity index is 1.48. The van der Waals surface area contributed by atoms with E-state index >= 15 is 0 Å². The van der Waals surface area contributed by atoms with Crippen LogP contribution in [0.15, 0.2) is 12.7 Å². The summed E-state index contributed by atoms with van der Waals surface area (Å²) in [7, 11) is 2.11. The van der Waals surface area contributed by atoms with Crippen molar-refractivity contribution >= 4 is 28.7 Å². The Morgan fingerprint density at radius 1 is 1.32 bits per heavy atom. The maximum Gasteiger partial charge on any atom is 0.167 e. The molecule has 2 aromatic rings. The second kappa shape index (κ2) is 6.69. The zero-order valence-electron chi connectivity index (χ0n) is 13.9. The first-order valence-electron chi connectivity index (χ1n) is 8.29. The van der Waals surface area contributed by atoms with Crippen molar-refractivity contribution in [1.29, 1.82) is 0 Å². The molecule has 136 valence electrons. The van der Waals surface area contributed by atoms with Crippen LogP contribution in [0.4, 0.5) is 5.82 Å². The monoisotopic (exact) mass is 366 g/mol. The molecule has 25 heavy (non-hydrogen) atoms. The lowest BCUT2D eigenvalue weighted by molar-refractivity contribution is -0.0289. The standard InChI is InChI=1S/C15H22N6O3S/c1-20-3-2-8(4-20)25-5-9-11(22)12(23)15(24-9)21-7-19-10-13(16)17-6-18-14(10)21/h6-9,11-12,15,22-23H,2-5H2,1H3,(H2,16,17,18)/t8-,9-,11-,12-,15-/m1/s1. The molecule has 2 fully saturated rings. The van der Waals surface area contributed by atoms with Crippen molar-refractivity contribution in [1.82, 2.24) is 24.4 Å². The summed E-state index contributed by atoms with van der Waals surface area (Å²) in [6, 6.07) is 0. The summed E-state index contributed by atoms with van der Waals surface area (Å²) in [5, 5.41) is 21.4. The zero-order valence-corrected chi connectivity index (χ0v) is 14.7. The van der Waals surface area contributed by atoms with Gasteiger partial charge in [0, 0.05) is 17.5 Å². The summed E-state index contributed by atoms with van der Waals surface area (Å²) in [6.07, 6.45) is 0.811. The largest absolute Gasteiger partial charge is 0.387 e. The average Bonchev–Trinajstić information content (AvgIpc) is 3.27. The van der Waals surface area contributed by atoms with Gasteiger partial charge in [-0.1, -0.05) is 0 Å². The highest BCUT2D eigenvalue weighted by molar-refractivity contribution is 8.00. The van der Waals surface area contributed by atoms with Crippen molar-refractivity contribution in [3.05, 3.63) is 12.7 Å². The number of thioether (sulfide) groups is 1. The molecule has 10 heteroatoms. The van der Waals surface area contributed by atoms with Gasteiger partial charge in [0.2, 0.25) is 0 Å². The van der Waals surface area contributed by atoms with Crippen molar-refractivity contribution in [3.8, 4) is 0 Å².